The number of hydrogen-bond donors (Lipinski definition) is 1. The summed E-state index contributed by atoms with van der Waals surface area (Å²) >= 11 is 4.78. The fourth-order valence-corrected chi connectivity index (χ4v) is 3.04. The Morgan fingerprint density at radius 2 is 2.24 bits per heavy atom. The molecule has 1 N–H and O–H groups in total. The first-order valence-corrected chi connectivity index (χ1v) is 7.89. The van der Waals surface area contributed by atoms with Crippen LogP contribution in [0.5, 0.6) is 11.8 Å². The van der Waals surface area contributed by atoms with E-state index in [9.17, 15) is 4.79 Å². The number of aromatic nitrogens is 2. The average Bonchev–Trinajstić information content (AvgIpc) is 2.96. The van der Waals surface area contributed by atoms with Crippen molar-refractivity contribution < 1.29 is 9.47 Å². The molecule has 0 aliphatic rings. The summed E-state index contributed by atoms with van der Waals surface area (Å²) in [5.74, 6) is 0.732. The summed E-state index contributed by atoms with van der Waals surface area (Å²) in [7, 11) is 1.60. The zero-order chi connectivity index (χ0) is 14.8. The van der Waals surface area contributed by atoms with Gasteiger partial charge in [0.15, 0.2) is 5.01 Å². The van der Waals surface area contributed by atoms with Crippen molar-refractivity contribution in [1.82, 2.24) is 9.97 Å². The predicted octanol–water partition coefficient (Wildman–Crippen LogP) is 3.47. The smallest absolute Gasteiger partial charge is 0.298 e. The van der Waals surface area contributed by atoms with Gasteiger partial charge in [0.25, 0.3) is 11.6 Å². The third-order valence-corrected chi connectivity index (χ3v) is 4.48. The number of thiophene rings is 1. The molecule has 5 nitrogen and oxygen atoms in total. The van der Waals surface area contributed by atoms with Crippen molar-refractivity contribution in [2.45, 2.75) is 5.01 Å². The molecule has 0 bridgehead atoms. The Morgan fingerprint density at radius 1 is 1.38 bits per heavy atom. The largest absolute Gasteiger partial charge is 0.497 e. The van der Waals surface area contributed by atoms with E-state index >= 15 is 0 Å². The number of fused-ring (bicyclic) bond motifs is 1. The van der Waals surface area contributed by atoms with Crippen molar-refractivity contribution >= 4 is 37.5 Å². The molecule has 0 saturated heterocycles. The van der Waals surface area contributed by atoms with E-state index in [0.29, 0.717) is 10.2 Å². The van der Waals surface area contributed by atoms with E-state index in [1.807, 2.05) is 29.6 Å². The van der Waals surface area contributed by atoms with Crippen molar-refractivity contribution in [2.24, 2.45) is 0 Å². The summed E-state index contributed by atoms with van der Waals surface area (Å²) in [5.41, 5.74) is 1.29. The molecule has 3 aromatic rings. The SMILES string of the molecule is COc1cccc(C(Br)Oc2nc3ccsc3c(=O)[nH]2)c1. The Labute approximate surface area is 132 Å². The molecule has 0 amide bonds. The van der Waals surface area contributed by atoms with Gasteiger partial charge >= 0.3 is 0 Å². The Hall–Kier alpha value is -1.86. The van der Waals surface area contributed by atoms with Gasteiger partial charge in [-0.3, -0.25) is 9.78 Å². The molecule has 1 unspecified atom stereocenters. The van der Waals surface area contributed by atoms with E-state index in [4.69, 9.17) is 9.47 Å². The van der Waals surface area contributed by atoms with Crippen LogP contribution < -0.4 is 15.0 Å². The quantitative estimate of drug-likeness (QED) is 0.718. The Morgan fingerprint density at radius 3 is 3.05 bits per heavy atom. The molecule has 0 aliphatic heterocycles. The second kappa shape index (κ2) is 5.87. The number of methoxy groups -OCH3 is 1. The van der Waals surface area contributed by atoms with Crippen LogP contribution in [0.15, 0.2) is 40.5 Å². The second-order valence-corrected chi connectivity index (χ2v) is 5.96. The summed E-state index contributed by atoms with van der Waals surface area (Å²) in [5, 5.41) is 1.39. The van der Waals surface area contributed by atoms with E-state index < -0.39 is 5.01 Å². The van der Waals surface area contributed by atoms with Crippen LogP contribution in [-0.4, -0.2) is 17.1 Å². The zero-order valence-electron chi connectivity index (χ0n) is 11.0. The molecule has 3 rings (SSSR count). The Balaban J connectivity index is 1.88. The lowest BCUT2D eigenvalue weighted by atomic mass is 10.2. The maximum absolute atomic E-state index is 11.9. The molecule has 21 heavy (non-hydrogen) atoms. The number of benzene rings is 1. The maximum atomic E-state index is 11.9. The molecule has 0 saturated carbocycles. The van der Waals surface area contributed by atoms with Gasteiger partial charge in [0.1, 0.15) is 10.4 Å². The van der Waals surface area contributed by atoms with Gasteiger partial charge in [-0.25, -0.2) is 0 Å². The highest BCUT2D eigenvalue weighted by atomic mass is 79.9. The van der Waals surface area contributed by atoms with Gasteiger partial charge < -0.3 is 9.47 Å². The standard InChI is InChI=1S/C14H11BrN2O3S/c1-19-9-4-2-3-8(7-9)12(15)20-14-16-10-5-6-21-11(10)13(18)17-14/h2-7,12H,1H3,(H,16,17,18). The van der Waals surface area contributed by atoms with Gasteiger partial charge in [-0.15, -0.1) is 11.3 Å². The topological polar surface area (TPSA) is 64.2 Å². The minimum Gasteiger partial charge on any atom is -0.497 e. The number of ether oxygens (including phenoxy) is 2. The van der Waals surface area contributed by atoms with Gasteiger partial charge in [0.05, 0.1) is 12.6 Å². The first kappa shape index (κ1) is 14.1. The van der Waals surface area contributed by atoms with Crippen molar-refractivity contribution in [3.05, 3.63) is 51.6 Å². The summed E-state index contributed by atoms with van der Waals surface area (Å²) in [6, 6.07) is 9.42. The highest BCUT2D eigenvalue weighted by Gasteiger charge is 2.13. The van der Waals surface area contributed by atoms with Crippen LogP contribution >= 0.6 is 27.3 Å². The van der Waals surface area contributed by atoms with Gasteiger partial charge in [0, 0.05) is 5.56 Å². The molecule has 0 spiro atoms. The van der Waals surface area contributed by atoms with E-state index in [1.54, 1.807) is 13.2 Å². The molecule has 1 atom stereocenters. The molecule has 2 aromatic heterocycles. The van der Waals surface area contributed by atoms with Crippen molar-refractivity contribution in [1.29, 1.82) is 0 Å². The first-order valence-electron chi connectivity index (χ1n) is 6.09. The molecular weight excluding hydrogens is 356 g/mol. The Kier molecular flexibility index (Phi) is 3.94. The van der Waals surface area contributed by atoms with E-state index in [2.05, 4.69) is 25.9 Å². The molecule has 108 valence electrons. The number of rotatable bonds is 4. The Bertz CT molecular complexity index is 830. The molecule has 2 heterocycles. The molecule has 0 fully saturated rings. The second-order valence-electron chi connectivity index (χ2n) is 4.22. The number of H-pyrrole nitrogens is 1. The molecule has 0 radical (unpaired) electrons. The number of aromatic amines is 1. The molecular formula is C14H11BrN2O3S. The van der Waals surface area contributed by atoms with Crippen LogP contribution in [-0.2, 0) is 0 Å². The van der Waals surface area contributed by atoms with E-state index in [-0.39, 0.29) is 11.6 Å². The maximum Gasteiger partial charge on any atom is 0.298 e. The highest BCUT2D eigenvalue weighted by molar-refractivity contribution is 9.09. The number of alkyl halides is 1. The third-order valence-electron chi connectivity index (χ3n) is 2.86. The fraction of sp³-hybridized carbons (Fsp3) is 0.143. The van der Waals surface area contributed by atoms with E-state index in [1.165, 1.54) is 11.3 Å². The fourth-order valence-electron chi connectivity index (χ4n) is 1.86. The van der Waals surface area contributed by atoms with Crippen molar-refractivity contribution in [3.8, 4) is 11.8 Å². The number of hydrogen-bond acceptors (Lipinski definition) is 5. The minimum atomic E-state index is -0.438. The monoisotopic (exact) mass is 366 g/mol. The lowest BCUT2D eigenvalue weighted by Gasteiger charge is -2.13. The molecule has 7 heteroatoms. The third kappa shape index (κ3) is 2.93. The van der Waals surface area contributed by atoms with Crippen LogP contribution in [0.25, 0.3) is 10.2 Å². The number of halogens is 1. The minimum absolute atomic E-state index is 0.176. The van der Waals surface area contributed by atoms with Crippen LogP contribution in [0, 0.1) is 0 Å². The number of nitrogens with zero attached hydrogens (tertiary/aromatic N) is 1. The van der Waals surface area contributed by atoms with Gasteiger partial charge in [-0.05, 0) is 39.5 Å². The normalized spacial score (nSPS) is 12.3. The van der Waals surface area contributed by atoms with Crippen LogP contribution in [0.2, 0.25) is 0 Å². The zero-order valence-corrected chi connectivity index (χ0v) is 13.4. The van der Waals surface area contributed by atoms with E-state index in [0.717, 1.165) is 11.3 Å². The van der Waals surface area contributed by atoms with Crippen molar-refractivity contribution in [3.63, 3.8) is 0 Å². The van der Waals surface area contributed by atoms with Crippen LogP contribution in [0.1, 0.15) is 10.6 Å². The van der Waals surface area contributed by atoms with Gasteiger partial charge in [-0.1, -0.05) is 12.1 Å². The summed E-state index contributed by atoms with van der Waals surface area (Å²) in [4.78, 5) is 18.8. The lowest BCUT2D eigenvalue weighted by Crippen LogP contribution is -2.11. The highest BCUT2D eigenvalue weighted by Crippen LogP contribution is 2.28. The lowest BCUT2D eigenvalue weighted by molar-refractivity contribution is 0.276. The summed E-state index contributed by atoms with van der Waals surface area (Å²) in [6.07, 6.45) is 0. The average molecular weight is 367 g/mol. The van der Waals surface area contributed by atoms with Crippen molar-refractivity contribution in [2.75, 3.05) is 7.11 Å². The van der Waals surface area contributed by atoms with Crippen LogP contribution in [0.4, 0.5) is 0 Å². The predicted molar refractivity (Wildman–Crippen MR) is 85.5 cm³/mol. The number of nitrogens with one attached hydrogen (secondary N) is 1. The van der Waals surface area contributed by atoms with Crippen LogP contribution in [0.3, 0.4) is 0 Å². The molecule has 1 aromatic carbocycles. The summed E-state index contributed by atoms with van der Waals surface area (Å²) in [6.45, 7) is 0. The van der Waals surface area contributed by atoms with Gasteiger partial charge in [0.2, 0.25) is 0 Å². The first-order chi connectivity index (χ1) is 10.2. The molecule has 0 aliphatic carbocycles. The van der Waals surface area contributed by atoms with Gasteiger partial charge in [-0.2, -0.15) is 4.98 Å². The summed E-state index contributed by atoms with van der Waals surface area (Å²) < 4.78 is 11.4.